The number of amides is 3. The number of piperidine rings is 1. The number of aryl methyl sites for hydroxylation is 1. The highest BCUT2D eigenvalue weighted by Gasteiger charge is 2.26. The lowest BCUT2D eigenvalue weighted by molar-refractivity contribution is 0.0304. The van der Waals surface area contributed by atoms with Gasteiger partial charge >= 0.3 is 6.03 Å². The monoisotopic (exact) mass is 461 g/mol. The summed E-state index contributed by atoms with van der Waals surface area (Å²) >= 11 is 0. The number of morpholine rings is 1. The summed E-state index contributed by atoms with van der Waals surface area (Å²) in [5.74, 6) is 0.355. The first-order valence-electron chi connectivity index (χ1n) is 12.1. The molecule has 3 amide bonds. The van der Waals surface area contributed by atoms with Crippen molar-refractivity contribution in [2.45, 2.75) is 32.1 Å². The standard InChI is InChI=1S/C26H31N5O3/c1-2-19-3-5-22(6-4-19)28-26(33)30-10-7-20(8-11-30)21-9-12-31-24(17-21)23(18-27-31)25(32)29-13-15-34-16-14-29/h3-6,9,12,17-18,20H,2,7-8,10-11,13-16H2,1H3,(H,28,33). The Balaban J connectivity index is 1.23. The number of ether oxygens (including phenoxy) is 1. The fourth-order valence-electron chi connectivity index (χ4n) is 4.79. The second-order valence-corrected chi connectivity index (χ2v) is 8.99. The Morgan fingerprint density at radius 2 is 1.76 bits per heavy atom. The molecule has 4 heterocycles. The minimum absolute atomic E-state index is 0.00825. The molecule has 1 aromatic carbocycles. The van der Waals surface area contributed by atoms with Gasteiger partial charge in [0.05, 0.1) is 30.5 Å². The summed E-state index contributed by atoms with van der Waals surface area (Å²) in [5.41, 5.74) is 4.75. The van der Waals surface area contributed by atoms with Crippen molar-refractivity contribution in [3.05, 3.63) is 65.5 Å². The number of fused-ring (bicyclic) bond motifs is 1. The number of aromatic nitrogens is 2. The predicted octanol–water partition coefficient (Wildman–Crippen LogP) is 3.78. The van der Waals surface area contributed by atoms with E-state index in [1.807, 2.05) is 40.3 Å². The van der Waals surface area contributed by atoms with Crippen LogP contribution in [0, 0.1) is 0 Å². The molecule has 2 aliphatic heterocycles. The molecule has 0 spiro atoms. The van der Waals surface area contributed by atoms with Crippen molar-refractivity contribution >= 4 is 23.1 Å². The Morgan fingerprint density at radius 1 is 1.03 bits per heavy atom. The number of benzene rings is 1. The zero-order valence-corrected chi connectivity index (χ0v) is 19.6. The van der Waals surface area contributed by atoms with E-state index in [4.69, 9.17) is 4.74 Å². The molecule has 2 aromatic heterocycles. The number of carbonyl (C=O) groups excluding carboxylic acids is 2. The van der Waals surface area contributed by atoms with Crippen molar-refractivity contribution < 1.29 is 14.3 Å². The third-order valence-electron chi connectivity index (χ3n) is 6.94. The molecule has 8 heteroatoms. The fraction of sp³-hybridized carbons (Fsp3) is 0.423. The minimum Gasteiger partial charge on any atom is -0.378 e. The molecular formula is C26H31N5O3. The van der Waals surface area contributed by atoms with E-state index in [2.05, 4.69) is 29.5 Å². The van der Waals surface area contributed by atoms with Gasteiger partial charge in [-0.25, -0.2) is 9.31 Å². The van der Waals surface area contributed by atoms with Gasteiger partial charge in [0.1, 0.15) is 0 Å². The summed E-state index contributed by atoms with van der Waals surface area (Å²) < 4.78 is 7.14. The second-order valence-electron chi connectivity index (χ2n) is 8.99. The third-order valence-corrected chi connectivity index (χ3v) is 6.94. The maximum absolute atomic E-state index is 13.0. The van der Waals surface area contributed by atoms with Crippen LogP contribution in [-0.4, -0.2) is 70.7 Å². The average Bonchev–Trinajstić information content (AvgIpc) is 3.32. The number of urea groups is 1. The Morgan fingerprint density at radius 3 is 2.47 bits per heavy atom. The van der Waals surface area contributed by atoms with Crippen molar-refractivity contribution in [3.63, 3.8) is 0 Å². The maximum Gasteiger partial charge on any atom is 0.321 e. The first kappa shape index (κ1) is 22.4. The number of pyridine rings is 1. The van der Waals surface area contributed by atoms with Gasteiger partial charge in [0.15, 0.2) is 0 Å². The Bertz CT molecular complexity index is 1160. The summed E-state index contributed by atoms with van der Waals surface area (Å²) in [4.78, 5) is 29.5. The van der Waals surface area contributed by atoms with Gasteiger partial charge < -0.3 is 19.9 Å². The van der Waals surface area contributed by atoms with Gasteiger partial charge in [-0.3, -0.25) is 4.79 Å². The molecule has 5 rings (SSSR count). The van der Waals surface area contributed by atoms with Gasteiger partial charge in [0, 0.05) is 38.1 Å². The zero-order chi connectivity index (χ0) is 23.5. The summed E-state index contributed by atoms with van der Waals surface area (Å²) in [7, 11) is 0. The number of hydrogen-bond acceptors (Lipinski definition) is 4. The summed E-state index contributed by atoms with van der Waals surface area (Å²) in [6.45, 7) is 5.89. The Hall–Kier alpha value is -3.39. The van der Waals surface area contributed by atoms with Crippen molar-refractivity contribution in [2.75, 3.05) is 44.7 Å². The first-order valence-corrected chi connectivity index (χ1v) is 12.1. The molecule has 34 heavy (non-hydrogen) atoms. The number of carbonyl (C=O) groups is 2. The Labute approximate surface area is 199 Å². The van der Waals surface area contributed by atoms with Crippen LogP contribution in [0.1, 0.15) is 47.2 Å². The average molecular weight is 462 g/mol. The zero-order valence-electron chi connectivity index (χ0n) is 19.6. The number of likely N-dealkylation sites (tertiary alicyclic amines) is 1. The second kappa shape index (κ2) is 9.85. The molecule has 2 aliphatic rings. The van der Waals surface area contributed by atoms with Crippen LogP contribution in [0.2, 0.25) is 0 Å². The van der Waals surface area contributed by atoms with Crippen LogP contribution in [0.5, 0.6) is 0 Å². The van der Waals surface area contributed by atoms with Gasteiger partial charge in [-0.2, -0.15) is 5.10 Å². The number of nitrogens with one attached hydrogen (secondary N) is 1. The van der Waals surface area contributed by atoms with Gasteiger partial charge in [-0.15, -0.1) is 0 Å². The quantitative estimate of drug-likeness (QED) is 0.641. The predicted molar refractivity (Wildman–Crippen MR) is 130 cm³/mol. The van der Waals surface area contributed by atoms with Gasteiger partial charge in [-0.1, -0.05) is 19.1 Å². The molecule has 0 unspecified atom stereocenters. The lowest BCUT2D eigenvalue weighted by Crippen LogP contribution is -2.40. The first-order chi connectivity index (χ1) is 16.6. The molecule has 0 bridgehead atoms. The highest BCUT2D eigenvalue weighted by Crippen LogP contribution is 2.30. The van der Waals surface area contributed by atoms with Crippen LogP contribution in [-0.2, 0) is 11.2 Å². The highest BCUT2D eigenvalue weighted by molar-refractivity contribution is 6.00. The molecule has 0 atom stereocenters. The lowest BCUT2D eigenvalue weighted by Gasteiger charge is -2.32. The fourth-order valence-corrected chi connectivity index (χ4v) is 4.79. The van der Waals surface area contributed by atoms with Crippen LogP contribution in [0.3, 0.4) is 0 Å². The number of anilines is 1. The molecule has 2 saturated heterocycles. The minimum atomic E-state index is -0.0488. The highest BCUT2D eigenvalue weighted by atomic mass is 16.5. The van der Waals surface area contributed by atoms with Crippen molar-refractivity contribution in [3.8, 4) is 0 Å². The molecule has 3 aromatic rings. The molecule has 8 nitrogen and oxygen atoms in total. The molecule has 0 aliphatic carbocycles. The van der Waals surface area contributed by atoms with Gasteiger partial charge in [0.2, 0.25) is 0 Å². The van der Waals surface area contributed by atoms with E-state index in [1.54, 1.807) is 10.7 Å². The largest absolute Gasteiger partial charge is 0.378 e. The van der Waals surface area contributed by atoms with Gasteiger partial charge in [-0.05, 0) is 60.6 Å². The Kier molecular flexibility index (Phi) is 6.49. The van der Waals surface area contributed by atoms with Crippen LogP contribution >= 0.6 is 0 Å². The topological polar surface area (TPSA) is 79.2 Å². The van der Waals surface area contributed by atoms with Crippen LogP contribution < -0.4 is 5.32 Å². The van der Waals surface area contributed by atoms with Crippen LogP contribution in [0.25, 0.3) is 5.52 Å². The lowest BCUT2D eigenvalue weighted by atomic mass is 9.89. The van der Waals surface area contributed by atoms with Crippen LogP contribution in [0.4, 0.5) is 10.5 Å². The van der Waals surface area contributed by atoms with E-state index in [-0.39, 0.29) is 11.9 Å². The normalized spacial score (nSPS) is 17.2. The summed E-state index contributed by atoms with van der Waals surface area (Å²) in [6, 6.07) is 12.1. The molecule has 0 saturated carbocycles. The van der Waals surface area contributed by atoms with Crippen molar-refractivity contribution in [2.24, 2.45) is 0 Å². The number of hydrogen-bond donors (Lipinski definition) is 1. The van der Waals surface area contributed by atoms with E-state index in [1.165, 1.54) is 11.1 Å². The molecule has 2 fully saturated rings. The van der Waals surface area contributed by atoms with E-state index in [0.29, 0.717) is 50.9 Å². The molecule has 178 valence electrons. The maximum atomic E-state index is 13.0. The van der Waals surface area contributed by atoms with Gasteiger partial charge in [0.25, 0.3) is 5.91 Å². The third kappa shape index (κ3) is 4.63. The van der Waals surface area contributed by atoms with E-state index >= 15 is 0 Å². The van der Waals surface area contributed by atoms with Crippen molar-refractivity contribution in [1.82, 2.24) is 19.4 Å². The van der Waals surface area contributed by atoms with Crippen LogP contribution in [0.15, 0.2) is 48.8 Å². The summed E-state index contributed by atoms with van der Waals surface area (Å²) in [5, 5.41) is 7.40. The van der Waals surface area contributed by atoms with Crippen molar-refractivity contribution in [1.29, 1.82) is 0 Å². The summed E-state index contributed by atoms with van der Waals surface area (Å²) in [6.07, 6.45) is 6.35. The van der Waals surface area contributed by atoms with E-state index in [9.17, 15) is 9.59 Å². The van der Waals surface area contributed by atoms with E-state index < -0.39 is 0 Å². The molecule has 0 radical (unpaired) electrons. The number of rotatable bonds is 4. The molecule has 1 N–H and O–H groups in total. The molecular weight excluding hydrogens is 430 g/mol. The van der Waals surface area contributed by atoms with E-state index in [0.717, 1.165) is 30.5 Å². The SMILES string of the molecule is CCc1ccc(NC(=O)N2CCC(c3ccn4ncc(C(=O)N5CCOCC5)c4c3)CC2)cc1. The smallest absolute Gasteiger partial charge is 0.321 e. The number of nitrogens with zero attached hydrogens (tertiary/aromatic N) is 4.